The summed E-state index contributed by atoms with van der Waals surface area (Å²) in [6, 6.07) is 2.85. The second-order valence-electron chi connectivity index (χ2n) is 3.29. The quantitative estimate of drug-likeness (QED) is 0.689. The number of ether oxygens (including phenoxy) is 1. The third-order valence-corrected chi connectivity index (χ3v) is 1.94. The number of phenolic OH excluding ortho intramolecular Hbond substituents is 1. The number of aliphatic carboxylic acids is 1. The average molecular weight is 252 g/mol. The molecule has 3 N–H and O–H groups in total. The lowest BCUT2D eigenvalue weighted by molar-refractivity contribution is -0.134. The van der Waals surface area contributed by atoms with Crippen LogP contribution in [0, 0.1) is 0 Å². The van der Waals surface area contributed by atoms with Crippen LogP contribution in [0.3, 0.4) is 0 Å². The number of fused-ring (bicyclic) bond motifs is 1. The van der Waals surface area contributed by atoms with Crippen LogP contribution in [-0.4, -0.2) is 33.3 Å². The smallest absolute Gasteiger partial charge is 0.300 e. The van der Waals surface area contributed by atoms with E-state index in [0.29, 0.717) is 10.9 Å². The molecule has 96 valence electrons. The SMILES string of the molecule is CC(=O)O.COc1cc2c(=O)[nH]cnc2cc1O. The summed E-state index contributed by atoms with van der Waals surface area (Å²) in [6.45, 7) is 1.08. The van der Waals surface area contributed by atoms with Crippen LogP contribution in [0.25, 0.3) is 10.9 Å². The van der Waals surface area contributed by atoms with Crippen LogP contribution in [0.1, 0.15) is 6.92 Å². The standard InChI is InChI=1S/C9H8N2O3.C2H4O2/c1-14-8-2-5-6(3-7(8)12)10-4-11-9(5)13;1-2(3)4/h2-4,12H,1H3,(H,10,11,13);1H3,(H,3,4). The van der Waals surface area contributed by atoms with Crippen LogP contribution >= 0.6 is 0 Å². The fourth-order valence-corrected chi connectivity index (χ4v) is 1.25. The van der Waals surface area contributed by atoms with Gasteiger partial charge in [0.15, 0.2) is 11.5 Å². The number of carboxylic acids is 1. The number of hydrogen-bond donors (Lipinski definition) is 3. The highest BCUT2D eigenvalue weighted by Crippen LogP contribution is 2.28. The lowest BCUT2D eigenvalue weighted by atomic mass is 10.2. The van der Waals surface area contributed by atoms with Crippen molar-refractivity contribution in [3.63, 3.8) is 0 Å². The lowest BCUT2D eigenvalue weighted by Crippen LogP contribution is -2.06. The zero-order valence-electron chi connectivity index (χ0n) is 9.80. The first-order valence-electron chi connectivity index (χ1n) is 4.89. The molecule has 0 radical (unpaired) electrons. The van der Waals surface area contributed by atoms with Crippen LogP contribution in [0.15, 0.2) is 23.3 Å². The molecule has 1 heterocycles. The van der Waals surface area contributed by atoms with Crippen LogP contribution in [0.4, 0.5) is 0 Å². The molecular formula is C11H12N2O5. The Labute approximate surface area is 102 Å². The summed E-state index contributed by atoms with van der Waals surface area (Å²) in [5, 5.41) is 17.2. The summed E-state index contributed by atoms with van der Waals surface area (Å²) in [6.07, 6.45) is 1.29. The van der Waals surface area contributed by atoms with Crippen LogP contribution in [0.5, 0.6) is 11.5 Å². The normalized spacial score (nSPS) is 9.44. The topological polar surface area (TPSA) is 113 Å². The van der Waals surface area contributed by atoms with Crippen molar-refractivity contribution in [2.24, 2.45) is 0 Å². The highest BCUT2D eigenvalue weighted by molar-refractivity contribution is 5.81. The summed E-state index contributed by atoms with van der Waals surface area (Å²) in [5.74, 6) is -0.603. The molecule has 7 heteroatoms. The molecule has 0 aliphatic carbocycles. The molecule has 0 atom stereocenters. The number of nitrogens with zero attached hydrogens (tertiary/aromatic N) is 1. The van der Waals surface area contributed by atoms with Gasteiger partial charge < -0.3 is 19.9 Å². The van der Waals surface area contributed by atoms with Gasteiger partial charge in [0.2, 0.25) is 0 Å². The summed E-state index contributed by atoms with van der Waals surface area (Å²) in [4.78, 5) is 26.7. The Hall–Kier alpha value is -2.57. The molecule has 1 aromatic carbocycles. The third-order valence-electron chi connectivity index (χ3n) is 1.94. The minimum absolute atomic E-state index is 0.0295. The Morgan fingerprint density at radius 3 is 2.61 bits per heavy atom. The number of benzene rings is 1. The van der Waals surface area contributed by atoms with E-state index < -0.39 is 5.97 Å². The van der Waals surface area contributed by atoms with Gasteiger partial charge in [-0.3, -0.25) is 9.59 Å². The monoisotopic (exact) mass is 252 g/mol. The van der Waals surface area contributed by atoms with E-state index in [-0.39, 0.29) is 17.1 Å². The Bertz CT molecular complexity index is 616. The van der Waals surface area contributed by atoms with E-state index in [1.165, 1.54) is 25.6 Å². The first-order valence-corrected chi connectivity index (χ1v) is 4.89. The van der Waals surface area contributed by atoms with Gasteiger partial charge in [0, 0.05) is 13.0 Å². The number of hydrogen-bond acceptors (Lipinski definition) is 5. The van der Waals surface area contributed by atoms with Crippen LogP contribution in [-0.2, 0) is 4.79 Å². The number of phenols is 1. The minimum atomic E-state index is -0.833. The Morgan fingerprint density at radius 2 is 2.06 bits per heavy atom. The number of nitrogens with one attached hydrogen (secondary N) is 1. The fraction of sp³-hybridized carbons (Fsp3) is 0.182. The first-order chi connectivity index (χ1) is 8.45. The first kappa shape index (κ1) is 13.5. The van der Waals surface area contributed by atoms with Crippen molar-refractivity contribution in [3.05, 3.63) is 28.8 Å². The van der Waals surface area contributed by atoms with Gasteiger partial charge in [-0.2, -0.15) is 0 Å². The molecule has 0 amide bonds. The molecule has 0 saturated heterocycles. The molecule has 0 unspecified atom stereocenters. The average Bonchev–Trinajstić information content (AvgIpc) is 2.28. The third kappa shape index (κ3) is 3.21. The second kappa shape index (κ2) is 5.67. The molecule has 18 heavy (non-hydrogen) atoms. The van der Waals surface area contributed by atoms with Crippen molar-refractivity contribution in [3.8, 4) is 11.5 Å². The zero-order valence-corrected chi connectivity index (χ0v) is 9.80. The Morgan fingerprint density at radius 1 is 1.44 bits per heavy atom. The number of carbonyl (C=O) groups is 1. The van der Waals surface area contributed by atoms with E-state index in [2.05, 4.69) is 9.97 Å². The maximum absolute atomic E-state index is 11.3. The summed E-state index contributed by atoms with van der Waals surface area (Å²) < 4.78 is 4.88. The minimum Gasteiger partial charge on any atom is -0.504 e. The number of rotatable bonds is 1. The Kier molecular flexibility index (Phi) is 4.25. The second-order valence-corrected chi connectivity index (χ2v) is 3.29. The summed E-state index contributed by atoms with van der Waals surface area (Å²) in [7, 11) is 1.42. The zero-order chi connectivity index (χ0) is 13.7. The van der Waals surface area contributed by atoms with Crippen molar-refractivity contribution in [1.29, 1.82) is 0 Å². The van der Waals surface area contributed by atoms with Gasteiger partial charge in [-0.15, -0.1) is 0 Å². The number of aromatic nitrogens is 2. The van der Waals surface area contributed by atoms with Crippen molar-refractivity contribution in [1.82, 2.24) is 9.97 Å². The van der Waals surface area contributed by atoms with E-state index in [1.54, 1.807) is 0 Å². The van der Waals surface area contributed by atoms with Crippen molar-refractivity contribution in [2.45, 2.75) is 6.92 Å². The maximum Gasteiger partial charge on any atom is 0.300 e. The molecular weight excluding hydrogens is 240 g/mol. The molecule has 2 aromatic rings. The number of methoxy groups -OCH3 is 1. The molecule has 0 aliphatic heterocycles. The van der Waals surface area contributed by atoms with Crippen LogP contribution < -0.4 is 10.3 Å². The number of H-pyrrole nitrogens is 1. The van der Waals surface area contributed by atoms with Crippen LogP contribution in [0.2, 0.25) is 0 Å². The largest absolute Gasteiger partial charge is 0.504 e. The number of aromatic hydroxyl groups is 1. The molecule has 0 fully saturated rings. The summed E-state index contributed by atoms with van der Waals surface area (Å²) >= 11 is 0. The van der Waals surface area contributed by atoms with Gasteiger partial charge in [0.25, 0.3) is 11.5 Å². The van der Waals surface area contributed by atoms with Gasteiger partial charge in [0.05, 0.1) is 24.3 Å². The van der Waals surface area contributed by atoms with Gasteiger partial charge in [-0.25, -0.2) is 4.98 Å². The van der Waals surface area contributed by atoms with Crippen molar-refractivity contribution < 1.29 is 19.7 Å². The molecule has 0 saturated carbocycles. The maximum atomic E-state index is 11.3. The van der Waals surface area contributed by atoms with Gasteiger partial charge in [-0.1, -0.05) is 0 Å². The van der Waals surface area contributed by atoms with E-state index in [4.69, 9.17) is 14.6 Å². The van der Waals surface area contributed by atoms with Gasteiger partial charge in [-0.05, 0) is 6.07 Å². The van der Waals surface area contributed by atoms with E-state index in [9.17, 15) is 9.90 Å². The Balaban J connectivity index is 0.000000357. The van der Waals surface area contributed by atoms with E-state index in [1.807, 2.05) is 0 Å². The predicted octanol–water partition coefficient (Wildman–Crippen LogP) is 0.728. The number of aromatic amines is 1. The van der Waals surface area contributed by atoms with Crippen molar-refractivity contribution in [2.75, 3.05) is 7.11 Å². The van der Waals surface area contributed by atoms with E-state index in [0.717, 1.165) is 6.92 Å². The van der Waals surface area contributed by atoms with Gasteiger partial charge >= 0.3 is 0 Å². The van der Waals surface area contributed by atoms with E-state index >= 15 is 0 Å². The molecule has 2 rings (SSSR count). The molecule has 0 aliphatic rings. The molecule has 0 spiro atoms. The molecule has 1 aromatic heterocycles. The highest BCUT2D eigenvalue weighted by atomic mass is 16.5. The molecule has 0 bridgehead atoms. The number of carboxylic acid groups (broad SMARTS) is 1. The van der Waals surface area contributed by atoms with Crippen molar-refractivity contribution >= 4 is 16.9 Å². The predicted molar refractivity (Wildman–Crippen MR) is 63.9 cm³/mol. The molecule has 7 nitrogen and oxygen atoms in total. The summed E-state index contributed by atoms with van der Waals surface area (Å²) in [5.41, 5.74) is 0.181. The fourth-order valence-electron chi connectivity index (χ4n) is 1.25. The highest BCUT2D eigenvalue weighted by Gasteiger charge is 2.06. The van der Waals surface area contributed by atoms with Gasteiger partial charge in [0.1, 0.15) is 0 Å². The lowest BCUT2D eigenvalue weighted by Gasteiger charge is -2.03.